The molecule has 10 nitrogen and oxygen atoms in total. The summed E-state index contributed by atoms with van der Waals surface area (Å²) in [4.78, 5) is 22.4. The first-order valence-corrected chi connectivity index (χ1v) is 13.1. The molecule has 35 heavy (non-hydrogen) atoms. The van der Waals surface area contributed by atoms with E-state index in [4.69, 9.17) is 18.9 Å². The highest BCUT2D eigenvalue weighted by Gasteiger charge is 2.43. The first kappa shape index (κ1) is 25.1. The summed E-state index contributed by atoms with van der Waals surface area (Å²) in [7, 11) is -3.55. The molecule has 3 heterocycles. The maximum atomic E-state index is 14.5. The Balaban J connectivity index is 1.48. The monoisotopic (exact) mass is 509 g/mol. The zero-order valence-electron chi connectivity index (χ0n) is 19.9. The van der Waals surface area contributed by atoms with Crippen molar-refractivity contribution in [1.82, 2.24) is 14.9 Å². The van der Waals surface area contributed by atoms with Crippen LogP contribution in [0.4, 0.5) is 9.18 Å². The molecule has 0 radical (unpaired) electrons. The summed E-state index contributed by atoms with van der Waals surface area (Å²) in [5, 5.41) is 0. The van der Waals surface area contributed by atoms with E-state index in [9.17, 15) is 17.6 Å². The second kappa shape index (κ2) is 9.94. The molecule has 2 aliphatic heterocycles. The number of carbonyl (C=O) groups excluding carboxylic acids is 1. The van der Waals surface area contributed by atoms with E-state index in [1.54, 1.807) is 11.8 Å². The van der Waals surface area contributed by atoms with Crippen LogP contribution in [0.3, 0.4) is 0 Å². The summed E-state index contributed by atoms with van der Waals surface area (Å²) in [6.45, 7) is 6.09. The Morgan fingerprint density at radius 1 is 1.17 bits per heavy atom. The lowest BCUT2D eigenvalue weighted by Crippen LogP contribution is -2.61. The van der Waals surface area contributed by atoms with Crippen molar-refractivity contribution in [2.45, 2.75) is 62.8 Å². The Morgan fingerprint density at radius 3 is 2.43 bits per heavy atom. The largest absolute Gasteiger partial charge is 0.474 e. The van der Waals surface area contributed by atoms with Crippen LogP contribution >= 0.6 is 0 Å². The number of nitrogens with zero attached hydrogens (tertiary/aromatic N) is 3. The number of rotatable bonds is 6. The smallest absolute Gasteiger partial charge is 0.410 e. The summed E-state index contributed by atoms with van der Waals surface area (Å²) in [5.41, 5.74) is 0.460. The van der Waals surface area contributed by atoms with Crippen molar-refractivity contribution >= 4 is 15.9 Å². The zero-order chi connectivity index (χ0) is 25.3. The highest BCUT2D eigenvalue weighted by Crippen LogP contribution is 2.34. The minimum atomic E-state index is -3.55. The predicted octanol–water partition coefficient (Wildman–Crippen LogP) is 3.28. The fourth-order valence-electron chi connectivity index (χ4n) is 4.22. The molecule has 4 rings (SSSR count). The van der Waals surface area contributed by atoms with Crippen molar-refractivity contribution in [2.24, 2.45) is 0 Å². The number of carbonyl (C=O) groups is 1. The average Bonchev–Trinajstić information content (AvgIpc) is 2.76. The van der Waals surface area contributed by atoms with E-state index in [2.05, 4.69) is 9.97 Å². The summed E-state index contributed by atoms with van der Waals surface area (Å²) >= 11 is 0. The maximum Gasteiger partial charge on any atom is 0.410 e. The van der Waals surface area contributed by atoms with Crippen LogP contribution in [-0.2, 0) is 19.3 Å². The van der Waals surface area contributed by atoms with Gasteiger partial charge in [0.15, 0.2) is 21.4 Å². The number of fused-ring (bicyclic) bond motifs is 2. The Hall–Kier alpha value is -2.99. The fourth-order valence-corrected chi connectivity index (χ4v) is 4.85. The van der Waals surface area contributed by atoms with Gasteiger partial charge in [0, 0.05) is 19.1 Å². The van der Waals surface area contributed by atoms with Gasteiger partial charge in [-0.15, -0.1) is 0 Å². The van der Waals surface area contributed by atoms with Gasteiger partial charge in [-0.1, -0.05) is 0 Å². The molecule has 0 saturated carbocycles. The van der Waals surface area contributed by atoms with E-state index in [1.165, 1.54) is 18.5 Å². The number of ether oxygens (including phenoxy) is 4. The van der Waals surface area contributed by atoms with Gasteiger partial charge in [0.25, 0.3) is 0 Å². The lowest BCUT2D eigenvalue weighted by molar-refractivity contribution is -0.0934. The summed E-state index contributed by atoms with van der Waals surface area (Å²) < 4.78 is 60.6. The molecule has 1 amide bonds. The molecule has 0 spiro atoms. The highest BCUT2D eigenvalue weighted by molar-refractivity contribution is 7.90. The van der Waals surface area contributed by atoms with Gasteiger partial charge < -0.3 is 18.9 Å². The molecule has 1 aromatic heterocycles. The van der Waals surface area contributed by atoms with Gasteiger partial charge in [-0.3, -0.25) is 4.90 Å². The van der Waals surface area contributed by atoms with Crippen molar-refractivity contribution in [2.75, 3.05) is 19.5 Å². The standard InChI is InChI=1S/C23H28FN3O7S/c1-13(2)32-23(28)27-15-7-17(8-16(27)11-31-10-15)33-21-14(3)22(26-12-25-21)34-20-6-5-18(9-19(20)24)35(4,29)30/h5-6,9,12-13,15-17H,7-8,10-11H2,1-4H3. The van der Waals surface area contributed by atoms with E-state index < -0.39 is 15.7 Å². The lowest BCUT2D eigenvalue weighted by Gasteiger charge is -2.47. The molecule has 2 unspecified atom stereocenters. The molecule has 190 valence electrons. The van der Waals surface area contributed by atoms with Crippen LogP contribution in [0.2, 0.25) is 0 Å². The number of piperidine rings is 1. The zero-order valence-corrected chi connectivity index (χ0v) is 20.7. The van der Waals surface area contributed by atoms with Crippen LogP contribution in [0.15, 0.2) is 29.4 Å². The summed E-state index contributed by atoms with van der Waals surface area (Å²) in [6.07, 6.45) is 2.51. The Morgan fingerprint density at radius 2 is 1.83 bits per heavy atom. The van der Waals surface area contributed by atoms with Crippen molar-refractivity contribution < 1.29 is 36.6 Å². The fraction of sp³-hybridized carbons (Fsp3) is 0.522. The first-order valence-electron chi connectivity index (χ1n) is 11.2. The molecule has 2 atom stereocenters. The van der Waals surface area contributed by atoms with Gasteiger partial charge in [0.1, 0.15) is 12.4 Å². The minimum absolute atomic E-state index is 0.0856. The van der Waals surface area contributed by atoms with E-state index in [0.717, 1.165) is 12.3 Å². The molecule has 0 aliphatic carbocycles. The van der Waals surface area contributed by atoms with E-state index >= 15 is 0 Å². The quantitative estimate of drug-likeness (QED) is 0.578. The second-order valence-corrected chi connectivity index (χ2v) is 11.0. The normalized spacial score (nSPS) is 22.1. The lowest BCUT2D eigenvalue weighted by atomic mass is 9.92. The van der Waals surface area contributed by atoms with Gasteiger partial charge in [0.2, 0.25) is 11.8 Å². The van der Waals surface area contributed by atoms with Crippen LogP contribution in [0, 0.1) is 12.7 Å². The number of morpholine rings is 1. The molecule has 2 fully saturated rings. The van der Waals surface area contributed by atoms with Crippen molar-refractivity contribution in [3.63, 3.8) is 0 Å². The SMILES string of the molecule is Cc1c(Oc2ccc(S(C)(=O)=O)cc2F)ncnc1OC1CC2COCC(C1)N2C(=O)OC(C)C. The van der Waals surface area contributed by atoms with Crippen LogP contribution in [0.1, 0.15) is 32.3 Å². The summed E-state index contributed by atoms with van der Waals surface area (Å²) in [6, 6.07) is 3.04. The molecule has 2 bridgehead atoms. The number of amides is 1. The van der Waals surface area contributed by atoms with Crippen molar-refractivity contribution in [3.05, 3.63) is 35.9 Å². The van der Waals surface area contributed by atoms with Crippen molar-refractivity contribution in [3.8, 4) is 17.5 Å². The van der Waals surface area contributed by atoms with Gasteiger partial charge in [-0.25, -0.2) is 27.6 Å². The van der Waals surface area contributed by atoms with Crippen molar-refractivity contribution in [1.29, 1.82) is 0 Å². The molecule has 1 aromatic carbocycles. The Labute approximate surface area is 203 Å². The molecule has 2 aliphatic rings. The van der Waals surface area contributed by atoms with E-state index in [0.29, 0.717) is 31.6 Å². The average molecular weight is 510 g/mol. The van der Waals surface area contributed by atoms with Crippen LogP contribution in [0.25, 0.3) is 0 Å². The van der Waals surface area contributed by atoms with E-state index in [1.807, 2.05) is 13.8 Å². The van der Waals surface area contributed by atoms with Crippen LogP contribution in [-0.4, -0.2) is 73.1 Å². The number of hydrogen-bond acceptors (Lipinski definition) is 9. The van der Waals surface area contributed by atoms with E-state index in [-0.39, 0.29) is 52.8 Å². The highest BCUT2D eigenvalue weighted by atomic mass is 32.2. The number of sulfone groups is 1. The molecule has 0 N–H and O–H groups in total. The Bertz CT molecular complexity index is 1190. The molecular weight excluding hydrogens is 481 g/mol. The first-order chi connectivity index (χ1) is 16.5. The molecule has 2 saturated heterocycles. The molecule has 12 heteroatoms. The third-order valence-electron chi connectivity index (χ3n) is 5.83. The topological polar surface area (TPSA) is 117 Å². The Kier molecular flexibility index (Phi) is 7.13. The van der Waals surface area contributed by atoms with Crippen LogP contribution < -0.4 is 9.47 Å². The van der Waals surface area contributed by atoms with Gasteiger partial charge in [-0.05, 0) is 39.0 Å². The predicted molar refractivity (Wildman–Crippen MR) is 122 cm³/mol. The number of hydrogen-bond donors (Lipinski definition) is 0. The third kappa shape index (κ3) is 5.64. The minimum Gasteiger partial charge on any atom is -0.474 e. The van der Waals surface area contributed by atoms with Gasteiger partial charge >= 0.3 is 6.09 Å². The number of halogens is 1. The second-order valence-electron chi connectivity index (χ2n) is 8.97. The number of aromatic nitrogens is 2. The molecule has 2 aromatic rings. The van der Waals surface area contributed by atoms with Gasteiger partial charge in [-0.2, -0.15) is 0 Å². The maximum absolute atomic E-state index is 14.5. The van der Waals surface area contributed by atoms with Crippen LogP contribution in [0.5, 0.6) is 17.5 Å². The van der Waals surface area contributed by atoms with Gasteiger partial charge in [0.05, 0.1) is 41.9 Å². The third-order valence-corrected chi connectivity index (χ3v) is 6.94. The molecular formula is C23H28FN3O7S. The number of benzene rings is 1. The summed E-state index contributed by atoms with van der Waals surface area (Å²) in [5.74, 6) is -0.636.